The lowest BCUT2D eigenvalue weighted by Crippen LogP contribution is -2.64. The second-order valence-electron chi connectivity index (χ2n) is 28.2. The maximum Gasteiger partial charge on any atom is 0.330 e. The predicted octanol–water partition coefficient (Wildman–Crippen LogP) is 1.59. The molecule has 7 aromatic rings. The average molecular weight is 1630 g/mol. The Morgan fingerprint density at radius 2 is 1.35 bits per heavy atom. The van der Waals surface area contributed by atoms with Crippen LogP contribution >= 0.6 is 35.0 Å². The van der Waals surface area contributed by atoms with Gasteiger partial charge in [-0.1, -0.05) is 67.0 Å². The van der Waals surface area contributed by atoms with Crippen molar-refractivity contribution >= 4 is 82.3 Å². The van der Waals surface area contributed by atoms with Crippen molar-refractivity contribution in [1.82, 2.24) is 57.4 Å². The number of carboxylic acids is 1. The quantitative estimate of drug-likeness (QED) is 0.0611. The van der Waals surface area contributed by atoms with Gasteiger partial charge in [0, 0.05) is 40.5 Å². The number of halogens is 2. The van der Waals surface area contributed by atoms with E-state index in [0.717, 1.165) is 78.5 Å². The van der Waals surface area contributed by atoms with Gasteiger partial charge in [0.1, 0.15) is 89.1 Å². The number of hydrogen-bond donors (Lipinski definition) is 19. The summed E-state index contributed by atoms with van der Waals surface area (Å²) in [4.78, 5) is 118. The molecule has 14 rings (SSSR count). The molecule has 0 saturated carbocycles. The number of nitrogens with zero attached hydrogens (tertiary/aromatic N) is 4. The molecule has 113 heavy (non-hydrogen) atoms. The van der Waals surface area contributed by atoms with Gasteiger partial charge in [0.2, 0.25) is 58.5 Å². The Morgan fingerprint density at radius 1 is 0.717 bits per heavy atom. The first-order valence-corrected chi connectivity index (χ1v) is 36.9. The molecule has 18 atom stereocenters. The lowest BCUT2D eigenvalue weighted by molar-refractivity contribution is -0.329. The van der Waals surface area contributed by atoms with E-state index in [1.54, 1.807) is 0 Å². The first kappa shape index (κ1) is 81.8. The number of aromatic hydroxyl groups is 4. The van der Waals surface area contributed by atoms with Gasteiger partial charge in [0.05, 0.1) is 46.5 Å². The zero-order chi connectivity index (χ0) is 81.5. The third kappa shape index (κ3) is 17.6. The summed E-state index contributed by atoms with van der Waals surface area (Å²) in [6.07, 6.45) is -18.6. The van der Waals surface area contributed by atoms with Crippen molar-refractivity contribution in [2.24, 2.45) is 17.4 Å². The maximum absolute atomic E-state index is 16.2. The van der Waals surface area contributed by atoms with E-state index in [9.17, 15) is 75.0 Å². The Kier molecular flexibility index (Phi) is 24.3. The molecule has 37 nitrogen and oxygen atoms in total. The Labute approximate surface area is 655 Å². The molecule has 0 aliphatic carbocycles. The predicted molar refractivity (Wildman–Crippen MR) is 394 cm³/mol. The van der Waals surface area contributed by atoms with Crippen molar-refractivity contribution in [3.63, 3.8) is 0 Å². The molecular weight excluding hydrogens is 1550 g/mol. The van der Waals surface area contributed by atoms with Gasteiger partial charge >= 0.3 is 5.97 Å². The zero-order valence-electron chi connectivity index (χ0n) is 60.3. The van der Waals surface area contributed by atoms with E-state index in [0.29, 0.717) is 5.69 Å². The molecule has 2 saturated heterocycles. The highest BCUT2D eigenvalue weighted by atomic mass is 35.5. The van der Waals surface area contributed by atoms with Crippen molar-refractivity contribution in [2.75, 3.05) is 12.8 Å². The Morgan fingerprint density at radius 3 is 1.96 bits per heavy atom. The molecule has 0 spiro atoms. The molecule has 21 N–H and O–H groups in total. The van der Waals surface area contributed by atoms with Gasteiger partial charge in [-0.2, -0.15) is 4.68 Å². The van der Waals surface area contributed by atoms with Gasteiger partial charge in [-0.05, 0) is 145 Å². The zero-order valence-corrected chi connectivity index (χ0v) is 62.7. The second kappa shape index (κ2) is 33.5. The van der Waals surface area contributed by atoms with Crippen LogP contribution in [0, 0.1) is 5.92 Å². The van der Waals surface area contributed by atoms with E-state index in [-0.39, 0.29) is 62.9 Å². The lowest BCUT2D eigenvalue weighted by atomic mass is 9.86. The van der Waals surface area contributed by atoms with Crippen molar-refractivity contribution in [3.8, 4) is 68.6 Å². The van der Waals surface area contributed by atoms with Crippen LogP contribution in [0.5, 0.6) is 51.7 Å². The van der Waals surface area contributed by atoms with Gasteiger partial charge < -0.3 is 128 Å². The summed E-state index contributed by atoms with van der Waals surface area (Å²) < 4.78 is 41.0. The van der Waals surface area contributed by atoms with Crippen LogP contribution in [0.2, 0.25) is 10.0 Å². The SMILES string of the molecule is CN[C@H](CC(C)C)C(=O)N[C@H]1C(=O)N[C@@H](CC(N)=O)C(=O)NC2C(=O)NC3C(=O)N[C@H](C(=O)N[C@@H](C(=O)O)c4cc(O)cc(O)c4-c4cc3ccc4O)[C@H](O)c3ccc(c(Cl)c3)Oc3cc2cc(c3OC2OC(CSc3nnnn3-c3ccc(O)cc3)C(O)C(O)C2OC2CC(C)(N)C(O)C(C)O2)Oc2ccc(cc2Cl)[C@H]1O. The van der Waals surface area contributed by atoms with Crippen LogP contribution in [0.25, 0.3) is 16.8 Å². The highest BCUT2D eigenvalue weighted by molar-refractivity contribution is 7.99. The topological polar surface area (TPSA) is 574 Å². The van der Waals surface area contributed by atoms with Crippen molar-refractivity contribution in [3.05, 3.63) is 141 Å². The number of aliphatic carboxylic acids is 1. The van der Waals surface area contributed by atoms with Gasteiger partial charge in [-0.25, -0.2) is 4.79 Å². The third-order valence-corrected chi connectivity index (χ3v) is 21.1. The molecule has 6 aromatic carbocycles. The Balaban J connectivity index is 1.09. The van der Waals surface area contributed by atoms with Crippen LogP contribution in [-0.2, 0) is 52.6 Å². The van der Waals surface area contributed by atoms with Crippen LogP contribution in [0.1, 0.15) is 105 Å². The number of aliphatic hydroxyl groups excluding tert-OH is 5. The summed E-state index contributed by atoms with van der Waals surface area (Å²) in [5.74, 6) is -16.5. The van der Waals surface area contributed by atoms with Crippen LogP contribution < -0.4 is 62.9 Å². The van der Waals surface area contributed by atoms with E-state index in [1.807, 2.05) is 13.8 Å². The molecule has 7 aliphatic heterocycles. The van der Waals surface area contributed by atoms with Crippen molar-refractivity contribution < 1.29 is 118 Å². The third-order valence-electron chi connectivity index (χ3n) is 19.5. The number of aromatic nitrogens is 4. The number of phenolic OH excluding ortho intramolecular Hbond substituents is 4. The van der Waals surface area contributed by atoms with E-state index in [4.69, 9.17) is 63.1 Å². The van der Waals surface area contributed by atoms with E-state index >= 15 is 14.4 Å². The molecule has 40 heteroatoms. The highest BCUT2D eigenvalue weighted by Gasteiger charge is 2.52. The summed E-state index contributed by atoms with van der Waals surface area (Å²) in [5, 5.41) is 144. The van der Waals surface area contributed by atoms with Crippen LogP contribution in [0.4, 0.5) is 0 Å². The number of amides is 7. The number of carboxylic acid groups (broad SMARTS) is 1. The number of fused-ring (bicyclic) bond motifs is 15. The first-order valence-electron chi connectivity index (χ1n) is 35.1. The number of thioether (sulfide) groups is 1. The van der Waals surface area contributed by atoms with Gasteiger partial charge in [-0.3, -0.25) is 33.6 Å². The molecule has 600 valence electrons. The number of phenols is 4. The number of carbonyl (C=O) groups is 8. The average Bonchev–Trinajstić information content (AvgIpc) is 0.930. The van der Waals surface area contributed by atoms with Crippen LogP contribution in [0.3, 0.4) is 0 Å². The summed E-state index contributed by atoms with van der Waals surface area (Å²) in [6, 6.07) is 5.09. The van der Waals surface area contributed by atoms with Crippen LogP contribution in [-0.4, -0.2) is 210 Å². The number of nitrogens with one attached hydrogen (secondary N) is 7. The number of rotatable bonds is 16. The number of primary amides is 1. The minimum absolute atomic E-state index is 0.0668. The number of nitrogens with two attached hydrogens (primary N) is 2. The van der Waals surface area contributed by atoms with E-state index in [2.05, 4.69) is 52.7 Å². The summed E-state index contributed by atoms with van der Waals surface area (Å²) in [5.41, 5.74) is 8.49. The summed E-state index contributed by atoms with van der Waals surface area (Å²) in [7, 11) is 1.47. The Bertz CT molecular complexity index is 4850. The summed E-state index contributed by atoms with van der Waals surface area (Å²) >= 11 is 15.3. The summed E-state index contributed by atoms with van der Waals surface area (Å²) in [6.45, 7) is 6.65. The van der Waals surface area contributed by atoms with Crippen molar-refractivity contribution in [2.45, 2.75) is 161 Å². The van der Waals surface area contributed by atoms with Crippen LogP contribution in [0.15, 0.2) is 108 Å². The lowest BCUT2D eigenvalue weighted by Gasteiger charge is -2.47. The molecule has 7 amide bonds. The van der Waals surface area contributed by atoms with Gasteiger partial charge in [0.25, 0.3) is 0 Å². The normalized spacial score (nSPS) is 27.5. The fourth-order valence-corrected chi connectivity index (χ4v) is 15.1. The van der Waals surface area contributed by atoms with Gasteiger partial charge in [-0.15, -0.1) is 5.10 Å². The molecule has 11 bridgehead atoms. The largest absolute Gasteiger partial charge is 0.508 e. The molecule has 7 aliphatic rings. The minimum atomic E-state index is -2.37. The van der Waals surface area contributed by atoms with Crippen molar-refractivity contribution in [1.29, 1.82) is 0 Å². The first-order chi connectivity index (χ1) is 53.6. The number of benzene rings is 6. The molecule has 8 heterocycles. The minimum Gasteiger partial charge on any atom is -0.508 e. The van der Waals surface area contributed by atoms with E-state index < -0.39 is 231 Å². The van der Waals surface area contributed by atoms with Gasteiger partial charge in [0.15, 0.2) is 29.9 Å². The molecule has 11 unspecified atom stereocenters. The molecule has 2 fully saturated rings. The fraction of sp³-hybridized carbons (Fsp3) is 0.384. The molecule has 1 aromatic heterocycles. The highest BCUT2D eigenvalue weighted by Crippen LogP contribution is 2.50. The number of likely N-dealkylation sites (N-methyl/N-ethyl adjacent to an activating group) is 1. The number of carbonyl (C=O) groups excluding carboxylic acids is 7. The van der Waals surface area contributed by atoms with E-state index in [1.165, 1.54) is 62.0 Å². The number of aliphatic hydroxyl groups is 5. The number of hydrogen-bond acceptors (Lipinski definition) is 29. The second-order valence-corrected chi connectivity index (χ2v) is 30.0. The number of tetrazole rings is 1. The molecular formula is C73H79Cl2N13O24S. The smallest absolute Gasteiger partial charge is 0.330 e. The molecule has 0 radical (unpaired) electrons. The number of ether oxygens (including phenoxy) is 6. The standard InChI is InChI=1S/C73H79Cl2N13O24S/c1-27(2)16-40(78-5)64(99)83-55-57(94)30-7-14-44(38(74)18-30)108-46-20-32-21-47(61(46)112-71-62(111-50-25-73(4,77)63(98)28(3)107-50)60(97)59(96)48(110-71)26-113-72-85-86-87-88(72)33-9-11-34(89)12-10-33)109-45-15-8-31(19-39(45)75)58(95)56-69(104)82-54(70(105)106)37-22-35(90)23-43(92)51(37)36-17-29(6-13-42(36)91)52(66(101)84-56)81-67(102)53(32)80-65(100)41(24-49(76)93)79-68(55)103/h6-15,17-23,27-28,40-41,48,50,52-60,62-63,71,78,89-92,94-98H,16,24-26,77H2,1-5H3,(H2,76,93)(H,79,103)(H,80,100)(H,81,102)(H,82,104)(H,83,99)(H,84,101)(H,105,106)/t28?,40-,41+,48?,50?,52?,53?,54-,55-,56+,57-,58-,59?,60?,62?,63?,71?,73?/m1/s1. The maximum atomic E-state index is 16.2. The fourth-order valence-electron chi connectivity index (χ4n) is 13.7. The Hall–Kier alpha value is -10.7. The monoisotopic (exact) mass is 1620 g/mol.